The zero-order valence-corrected chi connectivity index (χ0v) is 17.0. The third-order valence-electron chi connectivity index (χ3n) is 5.06. The zero-order chi connectivity index (χ0) is 21.4. The van der Waals surface area contributed by atoms with Crippen molar-refractivity contribution in [3.8, 4) is 0 Å². The molecule has 1 amide bonds. The first-order valence-corrected chi connectivity index (χ1v) is 10.1. The SMILES string of the molecule is Cn1c(=O)n(Cc2ccc(C(=O)N3CCOCC3)cc2)c(=O)c2cc(C(=O)O)sc21. The summed E-state index contributed by atoms with van der Waals surface area (Å²) in [6, 6.07) is 8.06. The molecule has 30 heavy (non-hydrogen) atoms. The van der Waals surface area contributed by atoms with E-state index in [1.165, 1.54) is 17.7 Å². The number of morpholine rings is 1. The zero-order valence-electron chi connectivity index (χ0n) is 16.2. The highest BCUT2D eigenvalue weighted by molar-refractivity contribution is 7.20. The monoisotopic (exact) mass is 429 g/mol. The van der Waals surface area contributed by atoms with Crippen LogP contribution in [0.5, 0.6) is 0 Å². The number of carboxylic acids is 1. The summed E-state index contributed by atoms with van der Waals surface area (Å²) in [4.78, 5) is 51.3. The number of ether oxygens (including phenoxy) is 1. The minimum absolute atomic E-state index is 0.000767. The van der Waals surface area contributed by atoms with Crippen molar-refractivity contribution in [2.75, 3.05) is 26.3 Å². The number of hydrogen-bond donors (Lipinski definition) is 1. The van der Waals surface area contributed by atoms with E-state index in [2.05, 4.69) is 0 Å². The number of carboxylic acid groups (broad SMARTS) is 1. The Hall–Kier alpha value is -3.24. The smallest absolute Gasteiger partial charge is 0.345 e. The second-order valence-corrected chi connectivity index (χ2v) is 8.00. The van der Waals surface area contributed by atoms with E-state index in [4.69, 9.17) is 4.74 Å². The molecule has 0 unspecified atom stereocenters. The number of nitrogens with zero attached hydrogens (tertiary/aromatic N) is 3. The molecule has 0 bridgehead atoms. The van der Waals surface area contributed by atoms with Gasteiger partial charge in [-0.2, -0.15) is 0 Å². The fourth-order valence-corrected chi connectivity index (χ4v) is 4.36. The molecule has 1 aromatic carbocycles. The normalized spacial score (nSPS) is 14.2. The Morgan fingerprint density at radius 3 is 2.43 bits per heavy atom. The molecule has 0 radical (unpaired) electrons. The predicted octanol–water partition coefficient (Wildman–Crippen LogP) is 0.981. The second-order valence-electron chi connectivity index (χ2n) is 6.97. The molecule has 0 saturated carbocycles. The first kappa shape index (κ1) is 20.0. The van der Waals surface area contributed by atoms with Crippen molar-refractivity contribution in [3.63, 3.8) is 0 Å². The Kier molecular flexibility index (Phi) is 5.27. The quantitative estimate of drug-likeness (QED) is 0.662. The molecule has 1 fully saturated rings. The number of carbonyl (C=O) groups excluding carboxylic acids is 1. The average Bonchev–Trinajstić information content (AvgIpc) is 3.22. The summed E-state index contributed by atoms with van der Waals surface area (Å²) in [5.74, 6) is -1.23. The van der Waals surface area contributed by atoms with Gasteiger partial charge in [0.25, 0.3) is 11.5 Å². The van der Waals surface area contributed by atoms with Crippen molar-refractivity contribution in [1.82, 2.24) is 14.0 Å². The van der Waals surface area contributed by atoms with Gasteiger partial charge in [0, 0.05) is 25.7 Å². The molecule has 1 N–H and O–H groups in total. The van der Waals surface area contributed by atoms with Gasteiger partial charge in [-0.3, -0.25) is 18.7 Å². The van der Waals surface area contributed by atoms with Crippen LogP contribution in [-0.4, -0.2) is 57.3 Å². The number of fused-ring (bicyclic) bond motifs is 1. The largest absolute Gasteiger partial charge is 0.477 e. The molecule has 156 valence electrons. The number of aromatic carboxylic acids is 1. The van der Waals surface area contributed by atoms with Crippen molar-refractivity contribution >= 4 is 33.4 Å². The van der Waals surface area contributed by atoms with Gasteiger partial charge < -0.3 is 14.7 Å². The molecule has 1 saturated heterocycles. The first-order chi connectivity index (χ1) is 14.4. The summed E-state index contributed by atoms with van der Waals surface area (Å²) in [5, 5.41) is 9.38. The number of hydrogen-bond acceptors (Lipinski definition) is 6. The summed E-state index contributed by atoms with van der Waals surface area (Å²) < 4.78 is 7.61. The van der Waals surface area contributed by atoms with Crippen molar-refractivity contribution in [1.29, 1.82) is 0 Å². The number of aryl methyl sites for hydroxylation is 1. The van der Waals surface area contributed by atoms with E-state index < -0.39 is 17.2 Å². The fourth-order valence-electron chi connectivity index (χ4n) is 3.41. The minimum atomic E-state index is -1.14. The van der Waals surface area contributed by atoms with Gasteiger partial charge in [-0.05, 0) is 23.8 Å². The van der Waals surface area contributed by atoms with Gasteiger partial charge in [0.15, 0.2) is 0 Å². The van der Waals surface area contributed by atoms with Crippen LogP contribution in [0.4, 0.5) is 0 Å². The van der Waals surface area contributed by atoms with E-state index in [1.807, 2.05) is 0 Å². The molecular weight excluding hydrogens is 410 g/mol. The highest BCUT2D eigenvalue weighted by Gasteiger charge is 2.19. The minimum Gasteiger partial charge on any atom is -0.477 e. The van der Waals surface area contributed by atoms with Crippen molar-refractivity contribution in [2.45, 2.75) is 6.54 Å². The van der Waals surface area contributed by atoms with Crippen LogP contribution in [0.1, 0.15) is 25.6 Å². The third kappa shape index (κ3) is 3.55. The average molecular weight is 429 g/mol. The van der Waals surface area contributed by atoms with E-state index in [1.54, 1.807) is 29.2 Å². The number of rotatable bonds is 4. The maximum Gasteiger partial charge on any atom is 0.345 e. The van der Waals surface area contributed by atoms with Gasteiger partial charge in [-0.1, -0.05) is 12.1 Å². The lowest BCUT2D eigenvalue weighted by Gasteiger charge is -2.26. The van der Waals surface area contributed by atoms with Gasteiger partial charge in [0.1, 0.15) is 9.71 Å². The van der Waals surface area contributed by atoms with Crippen molar-refractivity contribution < 1.29 is 19.4 Å². The van der Waals surface area contributed by atoms with Crippen molar-refractivity contribution in [3.05, 3.63) is 67.2 Å². The lowest BCUT2D eigenvalue weighted by molar-refractivity contribution is 0.0303. The molecular formula is C20H19N3O6S. The molecule has 0 aliphatic carbocycles. The van der Waals surface area contributed by atoms with E-state index >= 15 is 0 Å². The molecule has 9 nitrogen and oxygen atoms in total. The number of aromatic nitrogens is 2. The number of thiophene rings is 1. The maximum atomic E-state index is 12.8. The molecule has 3 heterocycles. The lowest BCUT2D eigenvalue weighted by Crippen LogP contribution is -2.40. The topological polar surface area (TPSA) is 111 Å². The molecule has 1 aliphatic heterocycles. The molecule has 0 atom stereocenters. The van der Waals surface area contributed by atoms with Crippen LogP contribution >= 0.6 is 11.3 Å². The summed E-state index contributed by atoms with van der Waals surface area (Å²) in [7, 11) is 1.51. The number of amides is 1. The molecule has 4 rings (SSSR count). The summed E-state index contributed by atoms with van der Waals surface area (Å²) in [6.45, 7) is 2.15. The van der Waals surface area contributed by atoms with E-state index in [-0.39, 0.29) is 22.7 Å². The molecule has 10 heteroatoms. The highest BCUT2D eigenvalue weighted by Crippen LogP contribution is 2.21. The Morgan fingerprint density at radius 1 is 1.13 bits per heavy atom. The number of carbonyl (C=O) groups is 2. The summed E-state index contributed by atoms with van der Waals surface area (Å²) >= 11 is 0.893. The molecule has 0 spiro atoms. The van der Waals surface area contributed by atoms with Gasteiger partial charge >= 0.3 is 11.7 Å². The van der Waals surface area contributed by atoms with Crippen LogP contribution in [-0.2, 0) is 18.3 Å². The Morgan fingerprint density at radius 2 is 1.80 bits per heavy atom. The van der Waals surface area contributed by atoms with Crippen LogP contribution in [0.3, 0.4) is 0 Å². The van der Waals surface area contributed by atoms with E-state index in [9.17, 15) is 24.3 Å². The fraction of sp³-hybridized carbons (Fsp3) is 0.300. The van der Waals surface area contributed by atoms with E-state index in [0.29, 0.717) is 42.3 Å². The Bertz CT molecular complexity index is 1250. The number of benzene rings is 1. The van der Waals surface area contributed by atoms with Crippen LogP contribution in [0.15, 0.2) is 39.9 Å². The van der Waals surface area contributed by atoms with Crippen molar-refractivity contribution in [2.24, 2.45) is 7.05 Å². The third-order valence-corrected chi connectivity index (χ3v) is 6.26. The second kappa shape index (κ2) is 7.88. The summed E-state index contributed by atoms with van der Waals surface area (Å²) in [6.07, 6.45) is 0. The van der Waals surface area contributed by atoms with Gasteiger partial charge in [-0.25, -0.2) is 9.59 Å². The highest BCUT2D eigenvalue weighted by atomic mass is 32.1. The standard InChI is InChI=1S/C20H19N3O6S/c1-21-18-14(10-15(30-18)19(26)27)17(25)23(20(21)28)11-12-2-4-13(5-3-12)16(24)22-6-8-29-9-7-22/h2-5,10H,6-9,11H2,1H3,(H,26,27). The maximum absolute atomic E-state index is 12.8. The molecule has 2 aromatic heterocycles. The van der Waals surface area contributed by atoms with Gasteiger partial charge in [0.05, 0.1) is 25.1 Å². The van der Waals surface area contributed by atoms with E-state index in [0.717, 1.165) is 15.9 Å². The van der Waals surface area contributed by atoms with Crippen LogP contribution < -0.4 is 11.2 Å². The Balaban J connectivity index is 1.64. The molecule has 3 aromatic rings. The lowest BCUT2D eigenvalue weighted by atomic mass is 10.1. The predicted molar refractivity (Wildman–Crippen MR) is 111 cm³/mol. The first-order valence-electron chi connectivity index (χ1n) is 9.29. The van der Waals surface area contributed by atoms with Crippen LogP contribution in [0.2, 0.25) is 0 Å². The Labute approximate surface area is 174 Å². The summed E-state index contributed by atoms with van der Waals surface area (Å²) in [5.41, 5.74) is 0.145. The van der Waals surface area contributed by atoms with Gasteiger partial charge in [0.2, 0.25) is 0 Å². The van der Waals surface area contributed by atoms with Crippen LogP contribution in [0, 0.1) is 0 Å². The molecule has 1 aliphatic rings. The van der Waals surface area contributed by atoms with Gasteiger partial charge in [-0.15, -0.1) is 11.3 Å². The van der Waals surface area contributed by atoms with Crippen LogP contribution in [0.25, 0.3) is 10.2 Å².